The van der Waals surface area contributed by atoms with Crippen molar-refractivity contribution in [2.45, 2.75) is 64.6 Å². The summed E-state index contributed by atoms with van der Waals surface area (Å²) in [5.74, 6) is 0.802. The van der Waals surface area contributed by atoms with Gasteiger partial charge in [-0.15, -0.1) is 0 Å². The van der Waals surface area contributed by atoms with E-state index in [4.69, 9.17) is 4.74 Å². The molecule has 0 spiro atoms. The second-order valence-corrected chi connectivity index (χ2v) is 10.0. The van der Waals surface area contributed by atoms with E-state index in [-0.39, 0.29) is 30.5 Å². The second kappa shape index (κ2) is 8.68. The summed E-state index contributed by atoms with van der Waals surface area (Å²) < 4.78 is 46.8. The number of hydrogen-bond acceptors (Lipinski definition) is 4. The molecular formula is C26H30F3N3O3. The molecule has 5 rings (SSSR count). The summed E-state index contributed by atoms with van der Waals surface area (Å²) in [6, 6.07) is 4.35. The lowest BCUT2D eigenvalue weighted by molar-refractivity contribution is -0.138. The standard InChI is InChI=1S/C26H30F3N3O3/c1-4-35-25(34)24-23-20(12-18-15(3)22(18)23)32(30-24)13-21(33)31-10-8-16(9-11-31)17-6-5-7-19(14(17)2)26(27,28)29/h5-7,15-16,18,22H,4,8-13H2,1-3H3. The van der Waals surface area contributed by atoms with Gasteiger partial charge in [-0.05, 0) is 74.0 Å². The van der Waals surface area contributed by atoms with Crippen LogP contribution < -0.4 is 0 Å². The third-order valence-corrected chi connectivity index (χ3v) is 8.15. The van der Waals surface area contributed by atoms with Gasteiger partial charge in [-0.1, -0.05) is 19.1 Å². The predicted octanol–water partition coefficient (Wildman–Crippen LogP) is 4.70. The highest BCUT2D eigenvalue weighted by Gasteiger charge is 2.56. The van der Waals surface area contributed by atoms with E-state index in [2.05, 4.69) is 12.0 Å². The van der Waals surface area contributed by atoms with Crippen molar-refractivity contribution in [1.82, 2.24) is 14.7 Å². The highest BCUT2D eigenvalue weighted by molar-refractivity contribution is 5.90. The topological polar surface area (TPSA) is 64.4 Å². The third-order valence-electron chi connectivity index (χ3n) is 8.15. The molecule has 3 unspecified atom stereocenters. The zero-order chi connectivity index (χ0) is 25.1. The molecule has 2 aromatic rings. The van der Waals surface area contributed by atoms with Gasteiger partial charge in [0.25, 0.3) is 0 Å². The van der Waals surface area contributed by atoms with Crippen molar-refractivity contribution < 1.29 is 27.5 Å². The zero-order valence-electron chi connectivity index (χ0n) is 20.2. The number of nitrogens with zero attached hydrogens (tertiary/aromatic N) is 3. The van der Waals surface area contributed by atoms with Crippen LogP contribution in [-0.4, -0.2) is 46.3 Å². The lowest BCUT2D eigenvalue weighted by Gasteiger charge is -2.33. The number of fused-ring (bicyclic) bond motifs is 3. The molecule has 0 radical (unpaired) electrons. The summed E-state index contributed by atoms with van der Waals surface area (Å²) in [5, 5.41) is 4.49. The fourth-order valence-corrected chi connectivity index (χ4v) is 6.19. The Morgan fingerprint density at radius 3 is 2.57 bits per heavy atom. The Morgan fingerprint density at radius 1 is 1.20 bits per heavy atom. The molecule has 0 N–H and O–H groups in total. The maximum Gasteiger partial charge on any atom is 0.416 e. The first-order valence-electron chi connectivity index (χ1n) is 12.3. The minimum Gasteiger partial charge on any atom is -0.461 e. The average molecular weight is 490 g/mol. The van der Waals surface area contributed by atoms with Crippen molar-refractivity contribution in [3.8, 4) is 0 Å². The number of likely N-dealkylation sites (tertiary alicyclic amines) is 1. The van der Waals surface area contributed by atoms with Crippen molar-refractivity contribution in [3.63, 3.8) is 0 Å². The zero-order valence-corrected chi connectivity index (χ0v) is 20.2. The third kappa shape index (κ3) is 4.12. The van der Waals surface area contributed by atoms with Crippen LogP contribution in [0.5, 0.6) is 0 Å². The number of esters is 1. The van der Waals surface area contributed by atoms with Gasteiger partial charge in [0.2, 0.25) is 5.91 Å². The summed E-state index contributed by atoms with van der Waals surface area (Å²) in [5.41, 5.74) is 2.65. The molecule has 9 heteroatoms. The molecular weight excluding hydrogens is 459 g/mol. The molecule has 6 nitrogen and oxygen atoms in total. The van der Waals surface area contributed by atoms with Gasteiger partial charge in [-0.3, -0.25) is 9.48 Å². The lowest BCUT2D eigenvalue weighted by atomic mass is 9.85. The van der Waals surface area contributed by atoms with Crippen molar-refractivity contribution in [1.29, 1.82) is 0 Å². The Kier molecular flexibility index (Phi) is 5.92. The van der Waals surface area contributed by atoms with Gasteiger partial charge in [-0.2, -0.15) is 18.3 Å². The number of amides is 1. The Bertz CT molecular complexity index is 1160. The minimum absolute atomic E-state index is 0.0145. The molecule has 1 aliphatic heterocycles. The molecule has 1 saturated carbocycles. The highest BCUT2D eigenvalue weighted by atomic mass is 19.4. The summed E-state index contributed by atoms with van der Waals surface area (Å²) in [6.07, 6.45) is -2.33. The number of rotatable bonds is 5. The van der Waals surface area contributed by atoms with Crippen LogP contribution >= 0.6 is 0 Å². The van der Waals surface area contributed by atoms with Crippen molar-refractivity contribution in [2.24, 2.45) is 11.8 Å². The number of alkyl halides is 3. The highest BCUT2D eigenvalue weighted by Crippen LogP contribution is 2.62. The molecule has 2 heterocycles. The van der Waals surface area contributed by atoms with Crippen LogP contribution in [0.15, 0.2) is 18.2 Å². The Balaban J connectivity index is 1.27. The van der Waals surface area contributed by atoms with Crippen molar-refractivity contribution in [2.75, 3.05) is 19.7 Å². The van der Waals surface area contributed by atoms with Gasteiger partial charge >= 0.3 is 12.1 Å². The van der Waals surface area contributed by atoms with E-state index < -0.39 is 17.7 Å². The molecule has 35 heavy (non-hydrogen) atoms. The Labute approximate surface area is 202 Å². The van der Waals surface area contributed by atoms with Gasteiger partial charge in [0, 0.05) is 24.3 Å². The predicted molar refractivity (Wildman–Crippen MR) is 122 cm³/mol. The van der Waals surface area contributed by atoms with Gasteiger partial charge in [-0.25, -0.2) is 4.79 Å². The van der Waals surface area contributed by atoms with E-state index >= 15 is 0 Å². The minimum atomic E-state index is -4.37. The van der Waals surface area contributed by atoms with E-state index in [1.54, 1.807) is 22.6 Å². The van der Waals surface area contributed by atoms with Crippen LogP contribution in [0.2, 0.25) is 0 Å². The van der Waals surface area contributed by atoms with Crippen molar-refractivity contribution >= 4 is 11.9 Å². The monoisotopic (exact) mass is 489 g/mol. The van der Waals surface area contributed by atoms with E-state index in [9.17, 15) is 22.8 Å². The number of ether oxygens (including phenoxy) is 1. The average Bonchev–Trinajstić information content (AvgIpc) is 3.13. The molecule has 2 fully saturated rings. The normalized spacial score (nSPS) is 23.7. The molecule has 2 aliphatic carbocycles. The molecule has 188 valence electrons. The van der Waals surface area contributed by atoms with Crippen LogP contribution in [0, 0.1) is 18.8 Å². The van der Waals surface area contributed by atoms with Gasteiger partial charge in [0.15, 0.2) is 5.69 Å². The van der Waals surface area contributed by atoms with Crippen LogP contribution in [0.4, 0.5) is 13.2 Å². The number of aromatic nitrogens is 2. The smallest absolute Gasteiger partial charge is 0.416 e. The molecule has 0 bridgehead atoms. The molecule has 3 atom stereocenters. The SMILES string of the molecule is CCOC(=O)c1nn(CC(=O)N2CCC(c3cccc(C(F)(F)F)c3C)CC2)c2c1C1C(C)C1C2. The maximum atomic E-state index is 13.3. The first-order chi connectivity index (χ1) is 16.6. The molecule has 1 aromatic heterocycles. The number of benzene rings is 1. The van der Waals surface area contributed by atoms with E-state index in [1.165, 1.54) is 13.0 Å². The number of carbonyl (C=O) groups is 2. The molecule has 3 aliphatic rings. The summed E-state index contributed by atoms with van der Waals surface area (Å²) >= 11 is 0. The van der Waals surface area contributed by atoms with Gasteiger partial charge < -0.3 is 9.64 Å². The first-order valence-corrected chi connectivity index (χ1v) is 12.3. The number of carbonyl (C=O) groups excluding carboxylic acids is 2. The summed E-state index contributed by atoms with van der Waals surface area (Å²) in [4.78, 5) is 27.4. The number of hydrogen-bond donors (Lipinski definition) is 0. The Hall–Kier alpha value is -2.84. The quantitative estimate of drug-likeness (QED) is 0.572. The summed E-state index contributed by atoms with van der Waals surface area (Å²) in [7, 11) is 0. The van der Waals surface area contributed by atoms with Crippen LogP contribution in [0.1, 0.15) is 77.0 Å². The molecule has 1 amide bonds. The molecule has 1 saturated heterocycles. The van der Waals surface area contributed by atoms with Crippen LogP contribution in [0.3, 0.4) is 0 Å². The van der Waals surface area contributed by atoms with E-state index in [1.807, 2.05) is 0 Å². The lowest BCUT2D eigenvalue weighted by Crippen LogP contribution is -2.40. The van der Waals surface area contributed by atoms with E-state index in [0.29, 0.717) is 54.9 Å². The maximum absolute atomic E-state index is 13.3. The molecule has 1 aromatic carbocycles. The summed E-state index contributed by atoms with van der Waals surface area (Å²) in [6.45, 7) is 6.75. The van der Waals surface area contributed by atoms with Crippen LogP contribution in [0.25, 0.3) is 0 Å². The number of piperidine rings is 1. The van der Waals surface area contributed by atoms with Gasteiger partial charge in [0.1, 0.15) is 6.54 Å². The second-order valence-electron chi connectivity index (χ2n) is 10.0. The number of halogens is 3. The van der Waals surface area contributed by atoms with Crippen LogP contribution in [-0.2, 0) is 28.7 Å². The first kappa shape index (κ1) is 23.9. The fourth-order valence-electron chi connectivity index (χ4n) is 6.19. The van der Waals surface area contributed by atoms with Gasteiger partial charge in [0.05, 0.1) is 12.2 Å². The van der Waals surface area contributed by atoms with E-state index in [0.717, 1.165) is 23.7 Å². The largest absolute Gasteiger partial charge is 0.461 e. The Morgan fingerprint density at radius 2 is 1.91 bits per heavy atom. The fraction of sp³-hybridized carbons (Fsp3) is 0.577. The van der Waals surface area contributed by atoms with Crippen molar-refractivity contribution in [3.05, 3.63) is 51.8 Å².